The van der Waals surface area contributed by atoms with E-state index >= 15 is 0 Å². The molecule has 0 heterocycles. The molecule has 1 unspecified atom stereocenters. The van der Waals surface area contributed by atoms with Crippen LogP contribution in [0.3, 0.4) is 0 Å². The molecule has 0 amide bonds. The lowest BCUT2D eigenvalue weighted by atomic mass is 9.91. The molecule has 0 radical (unpaired) electrons. The third-order valence-corrected chi connectivity index (χ3v) is 3.70. The molecule has 0 saturated heterocycles. The highest BCUT2D eigenvalue weighted by Crippen LogP contribution is 2.23. The van der Waals surface area contributed by atoms with Gasteiger partial charge in [-0.15, -0.1) is 0 Å². The van der Waals surface area contributed by atoms with Crippen LogP contribution in [0.15, 0.2) is 46.9 Å². The lowest BCUT2D eigenvalue weighted by Crippen LogP contribution is -2.15. The quantitative estimate of drug-likeness (QED) is 0.898. The van der Waals surface area contributed by atoms with Crippen LogP contribution in [-0.2, 0) is 6.42 Å². The van der Waals surface area contributed by atoms with Crippen LogP contribution in [0.25, 0.3) is 0 Å². The maximum atomic E-state index is 13.4. The topological polar surface area (TPSA) is 26.0 Å². The molecule has 1 atom stereocenters. The zero-order valence-electron chi connectivity index (χ0n) is 10.9. The van der Waals surface area contributed by atoms with E-state index in [0.29, 0.717) is 6.54 Å². The van der Waals surface area contributed by atoms with Gasteiger partial charge < -0.3 is 5.73 Å². The first-order valence-electron chi connectivity index (χ1n) is 6.30. The molecule has 2 N–H and O–H groups in total. The molecule has 0 aliphatic heterocycles. The summed E-state index contributed by atoms with van der Waals surface area (Å²) < 4.78 is 14.1. The van der Waals surface area contributed by atoms with Gasteiger partial charge in [-0.1, -0.05) is 45.8 Å². The average molecular weight is 322 g/mol. The fourth-order valence-electron chi connectivity index (χ4n) is 2.19. The van der Waals surface area contributed by atoms with Crippen molar-refractivity contribution >= 4 is 15.9 Å². The minimum absolute atomic E-state index is 0.217. The van der Waals surface area contributed by atoms with E-state index in [9.17, 15) is 4.39 Å². The molecule has 3 heteroatoms. The van der Waals surface area contributed by atoms with Crippen molar-refractivity contribution in [3.63, 3.8) is 0 Å². The van der Waals surface area contributed by atoms with E-state index in [1.807, 2.05) is 6.07 Å². The van der Waals surface area contributed by atoms with Crippen LogP contribution in [0.1, 0.15) is 22.6 Å². The zero-order valence-corrected chi connectivity index (χ0v) is 12.5. The molecule has 0 bridgehead atoms. The van der Waals surface area contributed by atoms with Crippen molar-refractivity contribution in [2.75, 3.05) is 6.54 Å². The fourth-order valence-corrected chi connectivity index (χ4v) is 2.70. The smallest absolute Gasteiger partial charge is 0.124 e. The van der Waals surface area contributed by atoms with E-state index in [-0.39, 0.29) is 11.7 Å². The minimum Gasteiger partial charge on any atom is -0.330 e. The Balaban J connectivity index is 2.21. The Morgan fingerprint density at radius 2 is 1.84 bits per heavy atom. The highest BCUT2D eigenvalue weighted by Gasteiger charge is 2.11. The number of rotatable bonds is 4. The zero-order chi connectivity index (χ0) is 13.8. The summed E-state index contributed by atoms with van der Waals surface area (Å²) in [6.45, 7) is 2.61. The number of benzene rings is 2. The first kappa shape index (κ1) is 14.2. The SMILES string of the molecule is Cc1ccc(C(CN)Cc2cc(F)cc(Br)c2)cc1. The normalized spacial score (nSPS) is 12.4. The molecule has 0 aliphatic rings. The van der Waals surface area contributed by atoms with Crippen LogP contribution in [0.4, 0.5) is 4.39 Å². The van der Waals surface area contributed by atoms with Crippen LogP contribution in [-0.4, -0.2) is 6.54 Å². The van der Waals surface area contributed by atoms with Crippen molar-refractivity contribution in [2.24, 2.45) is 5.73 Å². The standard InChI is InChI=1S/C16H17BrFN/c1-11-2-4-13(5-3-11)14(10-19)6-12-7-15(17)9-16(18)8-12/h2-5,7-9,14H,6,10,19H2,1H3. The molecule has 2 rings (SSSR count). The van der Waals surface area contributed by atoms with Crippen LogP contribution in [0, 0.1) is 12.7 Å². The van der Waals surface area contributed by atoms with Gasteiger partial charge in [-0.2, -0.15) is 0 Å². The Kier molecular flexibility index (Phi) is 4.72. The number of nitrogens with two attached hydrogens (primary N) is 1. The predicted octanol–water partition coefficient (Wildman–Crippen LogP) is 4.18. The summed E-state index contributed by atoms with van der Waals surface area (Å²) in [5, 5.41) is 0. The van der Waals surface area contributed by atoms with E-state index in [2.05, 4.69) is 47.1 Å². The Morgan fingerprint density at radius 3 is 2.42 bits per heavy atom. The summed E-state index contributed by atoms with van der Waals surface area (Å²) >= 11 is 3.32. The minimum atomic E-state index is -0.218. The molecule has 100 valence electrons. The summed E-state index contributed by atoms with van der Waals surface area (Å²) in [5.74, 6) is -0.00153. The Bertz CT molecular complexity index is 531. The van der Waals surface area contributed by atoms with Gasteiger partial charge in [-0.3, -0.25) is 0 Å². The number of hydrogen-bond acceptors (Lipinski definition) is 1. The molecule has 0 aliphatic carbocycles. The molecule has 1 nitrogen and oxygen atoms in total. The number of hydrogen-bond donors (Lipinski definition) is 1. The lowest BCUT2D eigenvalue weighted by Gasteiger charge is -2.16. The second-order valence-corrected chi connectivity index (χ2v) is 5.74. The van der Waals surface area contributed by atoms with Gasteiger partial charge in [0.2, 0.25) is 0 Å². The molecule has 2 aromatic carbocycles. The third kappa shape index (κ3) is 3.88. The molecule has 2 aromatic rings. The van der Waals surface area contributed by atoms with E-state index in [1.54, 1.807) is 6.07 Å². The van der Waals surface area contributed by atoms with Crippen LogP contribution in [0.5, 0.6) is 0 Å². The average Bonchev–Trinajstić information content (AvgIpc) is 2.36. The van der Waals surface area contributed by atoms with Crippen LogP contribution >= 0.6 is 15.9 Å². The summed E-state index contributed by atoms with van der Waals surface area (Å²) in [6, 6.07) is 13.3. The Labute approximate surface area is 121 Å². The fraction of sp³-hybridized carbons (Fsp3) is 0.250. The Morgan fingerprint density at radius 1 is 1.16 bits per heavy atom. The largest absolute Gasteiger partial charge is 0.330 e. The molecular formula is C16H17BrFN. The molecule has 19 heavy (non-hydrogen) atoms. The summed E-state index contributed by atoms with van der Waals surface area (Å²) in [4.78, 5) is 0. The third-order valence-electron chi connectivity index (χ3n) is 3.24. The van der Waals surface area contributed by atoms with Gasteiger partial charge >= 0.3 is 0 Å². The van der Waals surface area contributed by atoms with Crippen molar-refractivity contribution in [3.05, 3.63) is 69.4 Å². The van der Waals surface area contributed by atoms with Crippen molar-refractivity contribution in [2.45, 2.75) is 19.3 Å². The maximum Gasteiger partial charge on any atom is 0.124 e. The van der Waals surface area contributed by atoms with Crippen molar-refractivity contribution in [1.29, 1.82) is 0 Å². The van der Waals surface area contributed by atoms with Crippen LogP contribution in [0.2, 0.25) is 0 Å². The summed E-state index contributed by atoms with van der Waals surface area (Å²) in [7, 11) is 0. The van der Waals surface area contributed by atoms with Gasteiger partial charge in [0.15, 0.2) is 0 Å². The highest BCUT2D eigenvalue weighted by atomic mass is 79.9. The summed E-state index contributed by atoms with van der Waals surface area (Å²) in [6.07, 6.45) is 0.746. The van der Waals surface area contributed by atoms with Gasteiger partial charge in [0.1, 0.15) is 5.82 Å². The van der Waals surface area contributed by atoms with Crippen molar-refractivity contribution in [3.8, 4) is 0 Å². The van der Waals surface area contributed by atoms with Gasteiger partial charge in [0.25, 0.3) is 0 Å². The first-order chi connectivity index (χ1) is 9.08. The Hall–Kier alpha value is -1.19. The number of aryl methyl sites for hydroxylation is 1. The molecule has 0 saturated carbocycles. The number of halogens is 2. The van der Waals surface area contributed by atoms with Crippen LogP contribution < -0.4 is 5.73 Å². The van der Waals surface area contributed by atoms with Gasteiger partial charge in [0.05, 0.1) is 0 Å². The molecule has 0 aromatic heterocycles. The predicted molar refractivity (Wildman–Crippen MR) is 80.8 cm³/mol. The second kappa shape index (κ2) is 6.31. The molecule has 0 spiro atoms. The van der Waals surface area contributed by atoms with Crippen molar-refractivity contribution < 1.29 is 4.39 Å². The first-order valence-corrected chi connectivity index (χ1v) is 7.09. The van der Waals surface area contributed by atoms with E-state index < -0.39 is 0 Å². The van der Waals surface area contributed by atoms with Gasteiger partial charge in [-0.25, -0.2) is 4.39 Å². The monoisotopic (exact) mass is 321 g/mol. The second-order valence-electron chi connectivity index (χ2n) is 4.83. The maximum absolute atomic E-state index is 13.4. The lowest BCUT2D eigenvalue weighted by molar-refractivity contribution is 0.619. The summed E-state index contributed by atoms with van der Waals surface area (Å²) in [5.41, 5.74) is 9.25. The van der Waals surface area contributed by atoms with E-state index in [0.717, 1.165) is 16.5 Å². The van der Waals surface area contributed by atoms with Gasteiger partial charge in [-0.05, 0) is 49.2 Å². The van der Waals surface area contributed by atoms with Crippen molar-refractivity contribution in [1.82, 2.24) is 0 Å². The van der Waals surface area contributed by atoms with E-state index in [4.69, 9.17) is 5.73 Å². The van der Waals surface area contributed by atoms with E-state index in [1.165, 1.54) is 17.2 Å². The van der Waals surface area contributed by atoms with Gasteiger partial charge in [0, 0.05) is 10.4 Å². The highest BCUT2D eigenvalue weighted by molar-refractivity contribution is 9.10. The molecule has 0 fully saturated rings. The molecular weight excluding hydrogens is 305 g/mol.